The maximum atomic E-state index is 11.7. The Kier molecular flexibility index (Phi) is 5.85. The molecule has 2 rings (SSSR count). The predicted octanol–water partition coefficient (Wildman–Crippen LogP) is 4.38. The zero-order valence-electron chi connectivity index (χ0n) is 11.5. The van der Waals surface area contributed by atoms with Crippen molar-refractivity contribution in [3.8, 4) is 0 Å². The van der Waals surface area contributed by atoms with Gasteiger partial charge in [0.05, 0.1) is 15.7 Å². The number of anilines is 1. The van der Waals surface area contributed by atoms with E-state index in [1.807, 2.05) is 18.4 Å². The van der Waals surface area contributed by atoms with Crippen LogP contribution in [0.4, 0.5) is 9.93 Å². The molecule has 7 heteroatoms. The Labute approximate surface area is 137 Å². The van der Waals surface area contributed by atoms with Crippen LogP contribution in [-0.2, 0) is 12.8 Å². The number of aryl methyl sites for hydroxylation is 1. The van der Waals surface area contributed by atoms with E-state index in [9.17, 15) is 4.79 Å². The summed E-state index contributed by atoms with van der Waals surface area (Å²) in [6.07, 6.45) is 1.54. The Balaban J connectivity index is 1.77. The second-order valence-electron chi connectivity index (χ2n) is 4.38. The monoisotopic (exact) mass is 343 g/mol. The molecule has 0 radical (unpaired) electrons. The molecule has 1 aromatic heterocycles. The smallest absolute Gasteiger partial charge is 0.321 e. The molecule has 112 valence electrons. The van der Waals surface area contributed by atoms with E-state index >= 15 is 0 Å². The van der Waals surface area contributed by atoms with E-state index in [1.54, 1.807) is 12.1 Å². The summed E-state index contributed by atoms with van der Waals surface area (Å²) in [7, 11) is 0. The van der Waals surface area contributed by atoms with Crippen LogP contribution in [-0.4, -0.2) is 17.6 Å². The minimum absolute atomic E-state index is 0.257. The summed E-state index contributed by atoms with van der Waals surface area (Å²) in [5.41, 5.74) is 2.00. The lowest BCUT2D eigenvalue weighted by atomic mass is 10.1. The summed E-state index contributed by atoms with van der Waals surface area (Å²) in [6, 6.07) is 5.19. The first-order chi connectivity index (χ1) is 10.1. The second-order valence-corrected chi connectivity index (χ2v) is 6.05. The second kappa shape index (κ2) is 7.64. The van der Waals surface area contributed by atoms with Gasteiger partial charge in [0.15, 0.2) is 5.13 Å². The number of thiazole rings is 1. The van der Waals surface area contributed by atoms with Crippen LogP contribution in [0.15, 0.2) is 23.6 Å². The van der Waals surface area contributed by atoms with Gasteiger partial charge in [0.2, 0.25) is 0 Å². The number of benzene rings is 1. The molecular weight excluding hydrogens is 329 g/mol. The fourth-order valence-electron chi connectivity index (χ4n) is 1.68. The van der Waals surface area contributed by atoms with Gasteiger partial charge in [0.25, 0.3) is 0 Å². The number of rotatable bonds is 5. The first kappa shape index (κ1) is 16.1. The third kappa shape index (κ3) is 4.88. The highest BCUT2D eigenvalue weighted by atomic mass is 35.5. The van der Waals surface area contributed by atoms with Gasteiger partial charge in [-0.2, -0.15) is 0 Å². The number of aromatic nitrogens is 1. The summed E-state index contributed by atoms with van der Waals surface area (Å²) in [4.78, 5) is 16.0. The van der Waals surface area contributed by atoms with Crippen molar-refractivity contribution in [3.05, 3.63) is 44.9 Å². The van der Waals surface area contributed by atoms with E-state index in [-0.39, 0.29) is 6.03 Å². The van der Waals surface area contributed by atoms with E-state index < -0.39 is 0 Å². The molecule has 1 aromatic carbocycles. The first-order valence-electron chi connectivity index (χ1n) is 6.51. The van der Waals surface area contributed by atoms with Crippen molar-refractivity contribution in [2.75, 3.05) is 11.9 Å². The zero-order valence-corrected chi connectivity index (χ0v) is 13.8. The lowest BCUT2D eigenvalue weighted by Crippen LogP contribution is -2.30. The number of carbonyl (C=O) groups excluding carboxylic acids is 1. The van der Waals surface area contributed by atoms with Gasteiger partial charge >= 0.3 is 6.03 Å². The molecule has 2 N–H and O–H groups in total. The Hall–Kier alpha value is -1.30. The van der Waals surface area contributed by atoms with Crippen LogP contribution in [0.2, 0.25) is 10.0 Å². The molecule has 0 aliphatic rings. The van der Waals surface area contributed by atoms with Gasteiger partial charge in [-0.1, -0.05) is 36.2 Å². The molecule has 2 amide bonds. The van der Waals surface area contributed by atoms with E-state index in [0.29, 0.717) is 28.1 Å². The number of nitrogens with one attached hydrogen (secondary N) is 2. The van der Waals surface area contributed by atoms with Crippen molar-refractivity contribution in [3.63, 3.8) is 0 Å². The quantitative estimate of drug-likeness (QED) is 0.846. The molecule has 0 saturated carbocycles. The highest BCUT2D eigenvalue weighted by Crippen LogP contribution is 2.22. The summed E-state index contributed by atoms with van der Waals surface area (Å²) in [6.45, 7) is 2.53. The Morgan fingerprint density at radius 1 is 1.33 bits per heavy atom. The third-order valence-corrected chi connectivity index (χ3v) is 4.36. The number of carbonyl (C=O) groups is 1. The zero-order chi connectivity index (χ0) is 15.2. The molecule has 2 aromatic rings. The maximum absolute atomic E-state index is 11.7. The average Bonchev–Trinajstić information content (AvgIpc) is 2.90. The standard InChI is InChI=1S/C14H15Cl2N3OS/c1-2-10-8-21-14(18-10)19-13(20)17-6-5-9-3-4-11(15)12(16)7-9/h3-4,7-8H,2,5-6H2,1H3,(H2,17,18,19,20). The van der Waals surface area contributed by atoms with Gasteiger partial charge in [0, 0.05) is 11.9 Å². The highest BCUT2D eigenvalue weighted by molar-refractivity contribution is 7.13. The van der Waals surface area contributed by atoms with Crippen LogP contribution in [0.25, 0.3) is 0 Å². The third-order valence-electron chi connectivity index (χ3n) is 2.82. The molecule has 4 nitrogen and oxygen atoms in total. The SMILES string of the molecule is CCc1csc(NC(=O)NCCc2ccc(Cl)c(Cl)c2)n1. The fourth-order valence-corrected chi connectivity index (χ4v) is 2.79. The van der Waals surface area contributed by atoms with Crippen LogP contribution in [0.3, 0.4) is 0 Å². The molecule has 0 aliphatic heterocycles. The summed E-state index contributed by atoms with van der Waals surface area (Å²) < 4.78 is 0. The topological polar surface area (TPSA) is 54.0 Å². The summed E-state index contributed by atoms with van der Waals surface area (Å²) in [5.74, 6) is 0. The Morgan fingerprint density at radius 2 is 2.14 bits per heavy atom. The van der Waals surface area contributed by atoms with Crippen molar-refractivity contribution in [1.29, 1.82) is 0 Å². The molecule has 0 atom stereocenters. The Bertz CT molecular complexity index is 630. The van der Waals surface area contributed by atoms with E-state index in [2.05, 4.69) is 15.6 Å². The molecular formula is C14H15Cl2N3OS. The molecule has 0 saturated heterocycles. The van der Waals surface area contributed by atoms with Crippen molar-refractivity contribution in [2.45, 2.75) is 19.8 Å². The largest absolute Gasteiger partial charge is 0.337 e. The van der Waals surface area contributed by atoms with Crippen LogP contribution < -0.4 is 10.6 Å². The van der Waals surface area contributed by atoms with Crippen molar-refractivity contribution in [1.82, 2.24) is 10.3 Å². The molecule has 0 fully saturated rings. The summed E-state index contributed by atoms with van der Waals surface area (Å²) >= 11 is 13.2. The van der Waals surface area contributed by atoms with Crippen LogP contribution in [0.1, 0.15) is 18.2 Å². The van der Waals surface area contributed by atoms with Gasteiger partial charge in [-0.05, 0) is 30.5 Å². The number of halogens is 2. The van der Waals surface area contributed by atoms with Crippen molar-refractivity contribution >= 4 is 45.7 Å². The minimum atomic E-state index is -0.257. The van der Waals surface area contributed by atoms with Crippen molar-refractivity contribution < 1.29 is 4.79 Å². The van der Waals surface area contributed by atoms with Gasteiger partial charge in [0.1, 0.15) is 0 Å². The minimum Gasteiger partial charge on any atom is -0.337 e. The van der Waals surface area contributed by atoms with Gasteiger partial charge in [-0.3, -0.25) is 5.32 Å². The molecule has 1 heterocycles. The van der Waals surface area contributed by atoms with Crippen molar-refractivity contribution in [2.24, 2.45) is 0 Å². The molecule has 0 aliphatic carbocycles. The van der Waals surface area contributed by atoms with E-state index in [1.165, 1.54) is 11.3 Å². The average molecular weight is 344 g/mol. The molecule has 0 spiro atoms. The van der Waals surface area contributed by atoms with E-state index in [0.717, 1.165) is 17.7 Å². The summed E-state index contributed by atoms with van der Waals surface area (Å²) in [5, 5.41) is 9.09. The van der Waals surface area contributed by atoms with Crippen LogP contribution in [0, 0.1) is 0 Å². The van der Waals surface area contributed by atoms with Gasteiger partial charge in [-0.15, -0.1) is 11.3 Å². The molecule has 0 bridgehead atoms. The lowest BCUT2D eigenvalue weighted by molar-refractivity contribution is 0.252. The van der Waals surface area contributed by atoms with Gasteiger partial charge in [-0.25, -0.2) is 9.78 Å². The van der Waals surface area contributed by atoms with Crippen LogP contribution >= 0.6 is 34.5 Å². The number of nitrogens with zero attached hydrogens (tertiary/aromatic N) is 1. The highest BCUT2D eigenvalue weighted by Gasteiger charge is 2.05. The fraction of sp³-hybridized carbons (Fsp3) is 0.286. The number of hydrogen-bond donors (Lipinski definition) is 2. The van der Waals surface area contributed by atoms with Crippen LogP contribution in [0.5, 0.6) is 0 Å². The normalized spacial score (nSPS) is 10.4. The van der Waals surface area contributed by atoms with E-state index in [4.69, 9.17) is 23.2 Å². The maximum Gasteiger partial charge on any atom is 0.321 e. The number of urea groups is 1. The Morgan fingerprint density at radius 3 is 2.81 bits per heavy atom. The first-order valence-corrected chi connectivity index (χ1v) is 8.15. The number of hydrogen-bond acceptors (Lipinski definition) is 3. The number of amides is 2. The molecule has 21 heavy (non-hydrogen) atoms. The predicted molar refractivity (Wildman–Crippen MR) is 88.7 cm³/mol. The lowest BCUT2D eigenvalue weighted by Gasteiger charge is -2.06. The van der Waals surface area contributed by atoms with Gasteiger partial charge < -0.3 is 5.32 Å². The molecule has 0 unspecified atom stereocenters.